The van der Waals surface area contributed by atoms with E-state index in [0.717, 1.165) is 25.2 Å². The van der Waals surface area contributed by atoms with Crippen LogP contribution in [0.2, 0.25) is 0 Å². The first-order valence-electron chi connectivity index (χ1n) is 11.6. The predicted molar refractivity (Wildman–Crippen MR) is 130 cm³/mol. The minimum atomic E-state index is -0.0126. The van der Waals surface area contributed by atoms with E-state index in [1.165, 1.54) is 24.8 Å². The van der Waals surface area contributed by atoms with E-state index in [1.807, 2.05) is 11.0 Å². The highest BCUT2D eigenvalue weighted by Gasteiger charge is 2.22. The second-order valence-corrected chi connectivity index (χ2v) is 9.64. The van der Waals surface area contributed by atoms with Crippen molar-refractivity contribution < 1.29 is 14.3 Å². The smallest absolute Gasteiger partial charge is 0.257 e. The summed E-state index contributed by atoms with van der Waals surface area (Å²) in [7, 11) is 3.21. The zero-order valence-corrected chi connectivity index (χ0v) is 20.3. The number of carbonyl (C=O) groups excluding carboxylic acids is 1. The number of piperidine rings is 1. The molecule has 174 valence electrons. The molecule has 1 fully saturated rings. The topological polar surface area (TPSA) is 42.0 Å². The van der Waals surface area contributed by atoms with Gasteiger partial charge in [0, 0.05) is 25.7 Å². The summed E-state index contributed by atoms with van der Waals surface area (Å²) in [6.07, 6.45) is 3.80. The average Bonchev–Trinajstić information content (AvgIpc) is 2.81. The molecular weight excluding hydrogens is 400 g/mol. The molecule has 1 aliphatic rings. The normalized spacial score (nSPS) is 14.8. The zero-order valence-electron chi connectivity index (χ0n) is 20.3. The molecular formula is C27H38N2O3. The van der Waals surface area contributed by atoms with Gasteiger partial charge in [0.15, 0.2) is 0 Å². The first-order valence-corrected chi connectivity index (χ1v) is 11.6. The van der Waals surface area contributed by atoms with Crippen molar-refractivity contribution >= 4 is 5.91 Å². The summed E-state index contributed by atoms with van der Waals surface area (Å²) in [5.74, 6) is 1.21. The van der Waals surface area contributed by atoms with Crippen LogP contribution in [0, 0.1) is 0 Å². The molecule has 0 spiro atoms. The summed E-state index contributed by atoms with van der Waals surface area (Å²) >= 11 is 0. The maximum atomic E-state index is 13.6. The largest absolute Gasteiger partial charge is 0.497 e. The van der Waals surface area contributed by atoms with E-state index in [9.17, 15) is 4.79 Å². The lowest BCUT2D eigenvalue weighted by Crippen LogP contribution is -2.40. The third kappa shape index (κ3) is 6.26. The van der Waals surface area contributed by atoms with Crippen molar-refractivity contribution in [3.05, 3.63) is 59.2 Å². The van der Waals surface area contributed by atoms with Crippen LogP contribution in [0.15, 0.2) is 42.5 Å². The molecule has 0 N–H and O–H groups in total. The molecule has 0 unspecified atom stereocenters. The monoisotopic (exact) mass is 438 g/mol. The van der Waals surface area contributed by atoms with Crippen LogP contribution in [0.3, 0.4) is 0 Å². The number of amides is 1. The van der Waals surface area contributed by atoms with Gasteiger partial charge in [0.1, 0.15) is 11.5 Å². The second kappa shape index (κ2) is 10.9. The molecule has 5 heteroatoms. The van der Waals surface area contributed by atoms with Crippen molar-refractivity contribution in [1.82, 2.24) is 9.80 Å². The molecule has 2 aromatic carbocycles. The molecule has 32 heavy (non-hydrogen) atoms. The molecule has 5 nitrogen and oxygen atoms in total. The summed E-state index contributed by atoms with van der Waals surface area (Å²) in [6, 6.07) is 14.0. The van der Waals surface area contributed by atoms with Gasteiger partial charge in [-0.25, -0.2) is 0 Å². The summed E-state index contributed by atoms with van der Waals surface area (Å²) in [5, 5.41) is 0. The van der Waals surface area contributed by atoms with Gasteiger partial charge in [-0.05, 0) is 54.6 Å². The molecule has 0 aromatic heterocycles. The van der Waals surface area contributed by atoms with Gasteiger partial charge >= 0.3 is 0 Å². The lowest BCUT2D eigenvalue weighted by atomic mass is 9.87. The first-order chi connectivity index (χ1) is 15.3. The lowest BCUT2D eigenvalue weighted by Gasteiger charge is -2.30. The van der Waals surface area contributed by atoms with Gasteiger partial charge in [-0.2, -0.15) is 0 Å². The highest BCUT2D eigenvalue weighted by atomic mass is 16.5. The van der Waals surface area contributed by atoms with Crippen LogP contribution in [-0.4, -0.2) is 56.1 Å². The Hall–Kier alpha value is -2.53. The molecule has 0 atom stereocenters. The van der Waals surface area contributed by atoms with E-state index in [4.69, 9.17) is 9.47 Å². The van der Waals surface area contributed by atoms with E-state index in [2.05, 4.69) is 49.9 Å². The number of hydrogen-bond acceptors (Lipinski definition) is 4. The minimum absolute atomic E-state index is 0.0126. The van der Waals surface area contributed by atoms with Crippen molar-refractivity contribution in [1.29, 1.82) is 0 Å². The number of hydrogen-bond donors (Lipinski definition) is 0. The Labute approximate surface area is 193 Å². The Morgan fingerprint density at radius 2 is 1.66 bits per heavy atom. The molecule has 0 radical (unpaired) electrons. The van der Waals surface area contributed by atoms with E-state index in [1.54, 1.807) is 26.4 Å². The molecule has 1 heterocycles. The molecule has 1 amide bonds. The van der Waals surface area contributed by atoms with Crippen LogP contribution < -0.4 is 9.47 Å². The summed E-state index contributed by atoms with van der Waals surface area (Å²) in [6.45, 7) is 11.0. The van der Waals surface area contributed by atoms with E-state index < -0.39 is 0 Å². The zero-order chi connectivity index (χ0) is 23.1. The van der Waals surface area contributed by atoms with Gasteiger partial charge in [-0.1, -0.05) is 51.5 Å². The summed E-state index contributed by atoms with van der Waals surface area (Å²) in [5.41, 5.74) is 3.11. The number of methoxy groups -OCH3 is 2. The highest BCUT2D eigenvalue weighted by molar-refractivity contribution is 5.97. The van der Waals surface area contributed by atoms with E-state index in [-0.39, 0.29) is 11.3 Å². The van der Waals surface area contributed by atoms with Crippen LogP contribution >= 0.6 is 0 Å². The Kier molecular flexibility index (Phi) is 8.19. The standard InChI is InChI=1S/C27H38N2O3/c1-27(2,3)22-11-9-21(10-12-22)20-29(18-17-28-15-7-6-8-16-28)26(30)24-14-13-23(31-4)19-25(24)32-5/h9-14,19H,6-8,15-18,20H2,1-5H3. The number of carbonyl (C=O) groups is 1. The maximum absolute atomic E-state index is 13.6. The minimum Gasteiger partial charge on any atom is -0.497 e. The average molecular weight is 439 g/mol. The van der Waals surface area contributed by atoms with Crippen molar-refractivity contribution in [2.45, 2.75) is 52.0 Å². The van der Waals surface area contributed by atoms with Gasteiger partial charge in [0.25, 0.3) is 5.91 Å². The van der Waals surface area contributed by atoms with Crippen molar-refractivity contribution in [3.63, 3.8) is 0 Å². The SMILES string of the molecule is COc1ccc(C(=O)N(CCN2CCCCC2)Cc2ccc(C(C)(C)C)cc2)c(OC)c1. The van der Waals surface area contributed by atoms with Crippen LogP contribution in [0.25, 0.3) is 0 Å². The van der Waals surface area contributed by atoms with E-state index in [0.29, 0.717) is 30.2 Å². The van der Waals surface area contributed by atoms with Gasteiger partial charge in [0.05, 0.1) is 19.8 Å². The quantitative estimate of drug-likeness (QED) is 0.573. The van der Waals surface area contributed by atoms with Crippen molar-refractivity contribution in [2.24, 2.45) is 0 Å². The fraction of sp³-hybridized carbons (Fsp3) is 0.519. The molecule has 1 aliphatic heterocycles. The molecule has 2 aromatic rings. The third-order valence-corrected chi connectivity index (χ3v) is 6.25. The Bertz CT molecular complexity index is 881. The molecule has 0 saturated carbocycles. The third-order valence-electron chi connectivity index (χ3n) is 6.25. The van der Waals surface area contributed by atoms with Crippen LogP contribution in [0.1, 0.15) is 61.5 Å². The summed E-state index contributed by atoms with van der Waals surface area (Å²) < 4.78 is 10.8. The fourth-order valence-corrected chi connectivity index (χ4v) is 4.17. The fourth-order valence-electron chi connectivity index (χ4n) is 4.17. The van der Waals surface area contributed by atoms with E-state index >= 15 is 0 Å². The molecule has 0 aliphatic carbocycles. The van der Waals surface area contributed by atoms with Gasteiger partial charge < -0.3 is 19.3 Å². The number of nitrogens with zero attached hydrogens (tertiary/aromatic N) is 2. The molecule has 3 rings (SSSR count). The Balaban J connectivity index is 1.82. The Morgan fingerprint density at radius 1 is 0.969 bits per heavy atom. The maximum Gasteiger partial charge on any atom is 0.257 e. The van der Waals surface area contributed by atoms with Gasteiger partial charge in [-0.3, -0.25) is 4.79 Å². The summed E-state index contributed by atoms with van der Waals surface area (Å²) in [4.78, 5) is 18.0. The first kappa shape index (κ1) is 24.1. The van der Waals surface area contributed by atoms with Crippen molar-refractivity contribution in [2.75, 3.05) is 40.4 Å². The second-order valence-electron chi connectivity index (χ2n) is 9.64. The van der Waals surface area contributed by atoms with Gasteiger partial charge in [-0.15, -0.1) is 0 Å². The number of rotatable bonds is 8. The molecule has 1 saturated heterocycles. The van der Waals surface area contributed by atoms with Crippen LogP contribution in [-0.2, 0) is 12.0 Å². The van der Waals surface area contributed by atoms with Crippen molar-refractivity contribution in [3.8, 4) is 11.5 Å². The van der Waals surface area contributed by atoms with Crippen LogP contribution in [0.4, 0.5) is 0 Å². The van der Waals surface area contributed by atoms with Gasteiger partial charge in [0.2, 0.25) is 0 Å². The predicted octanol–water partition coefficient (Wildman–Crippen LogP) is 5.13. The Morgan fingerprint density at radius 3 is 2.25 bits per heavy atom. The number of likely N-dealkylation sites (tertiary alicyclic amines) is 1. The highest BCUT2D eigenvalue weighted by Crippen LogP contribution is 2.27. The lowest BCUT2D eigenvalue weighted by molar-refractivity contribution is 0.0712. The van der Waals surface area contributed by atoms with Crippen LogP contribution in [0.5, 0.6) is 11.5 Å². The molecule has 0 bridgehead atoms. The number of benzene rings is 2. The number of ether oxygens (including phenoxy) is 2.